The van der Waals surface area contributed by atoms with Gasteiger partial charge in [-0.3, -0.25) is 0 Å². The fourth-order valence-electron chi connectivity index (χ4n) is 0.606. The highest BCUT2D eigenvalue weighted by Crippen LogP contribution is 2.06. The summed E-state index contributed by atoms with van der Waals surface area (Å²) in [6, 6.07) is 0. The van der Waals surface area contributed by atoms with Gasteiger partial charge in [0, 0.05) is 0 Å². The highest BCUT2D eigenvalue weighted by molar-refractivity contribution is 6.28. The number of unbranched alkanes of at least 4 members (excludes halogenated alkanes) is 3. The van der Waals surface area contributed by atoms with Crippen molar-refractivity contribution in [1.82, 2.24) is 0 Å². The van der Waals surface area contributed by atoms with E-state index in [1.165, 1.54) is 6.08 Å². The molecule has 0 bridgehead atoms. The maximum absolute atomic E-state index is 11.8. The van der Waals surface area contributed by atoms with Crippen LogP contribution in [0, 0.1) is 0 Å². The summed E-state index contributed by atoms with van der Waals surface area (Å²) in [5.41, 5.74) is 0. The Morgan fingerprint density at radius 1 is 1.56 bits per heavy atom. The molecular formula is C7H12ClF. The SMILES string of the molecule is CCCCCC=C(F)Cl. The molecule has 0 radical (unpaired) electrons. The molecule has 9 heavy (non-hydrogen) atoms. The molecule has 0 rings (SSSR count). The highest BCUT2D eigenvalue weighted by atomic mass is 35.5. The zero-order valence-corrected chi connectivity index (χ0v) is 6.42. The van der Waals surface area contributed by atoms with E-state index >= 15 is 0 Å². The molecule has 0 amide bonds. The quantitative estimate of drug-likeness (QED) is 0.537. The third-order valence-corrected chi connectivity index (χ3v) is 1.26. The summed E-state index contributed by atoms with van der Waals surface area (Å²) in [5.74, 6) is 0. The second kappa shape index (κ2) is 6.09. The van der Waals surface area contributed by atoms with Gasteiger partial charge in [-0.15, -0.1) is 0 Å². The van der Waals surface area contributed by atoms with E-state index in [2.05, 4.69) is 6.92 Å². The first kappa shape index (κ1) is 8.96. The smallest absolute Gasteiger partial charge is 0.185 e. The van der Waals surface area contributed by atoms with Crippen molar-refractivity contribution in [2.45, 2.75) is 32.6 Å². The van der Waals surface area contributed by atoms with E-state index in [1.807, 2.05) is 0 Å². The molecule has 0 aliphatic heterocycles. The molecule has 2 heteroatoms. The van der Waals surface area contributed by atoms with Crippen LogP contribution in [-0.4, -0.2) is 0 Å². The molecule has 0 spiro atoms. The van der Waals surface area contributed by atoms with E-state index in [4.69, 9.17) is 11.6 Å². The van der Waals surface area contributed by atoms with Crippen LogP contribution in [0.25, 0.3) is 0 Å². The molecule has 0 aromatic carbocycles. The predicted molar refractivity (Wildman–Crippen MR) is 39.2 cm³/mol. The third kappa shape index (κ3) is 7.96. The minimum atomic E-state index is -0.578. The van der Waals surface area contributed by atoms with Crippen molar-refractivity contribution in [3.8, 4) is 0 Å². The molecule has 0 heterocycles. The maximum atomic E-state index is 11.8. The van der Waals surface area contributed by atoms with Crippen LogP contribution in [0.15, 0.2) is 11.4 Å². The van der Waals surface area contributed by atoms with Gasteiger partial charge >= 0.3 is 0 Å². The van der Waals surface area contributed by atoms with Crippen molar-refractivity contribution in [2.75, 3.05) is 0 Å². The topological polar surface area (TPSA) is 0 Å². The lowest BCUT2D eigenvalue weighted by Crippen LogP contribution is -1.70. The first-order chi connectivity index (χ1) is 4.27. The molecule has 0 aromatic heterocycles. The first-order valence-electron chi connectivity index (χ1n) is 3.28. The molecule has 0 nitrogen and oxygen atoms in total. The Kier molecular flexibility index (Phi) is 6.06. The zero-order chi connectivity index (χ0) is 7.11. The van der Waals surface area contributed by atoms with Crippen LogP contribution in [0.1, 0.15) is 32.6 Å². The molecular weight excluding hydrogens is 139 g/mol. The Balaban J connectivity index is 3.00. The highest BCUT2D eigenvalue weighted by Gasteiger charge is 1.85. The summed E-state index contributed by atoms with van der Waals surface area (Å²) in [5, 5.41) is -0.578. The van der Waals surface area contributed by atoms with Crippen molar-refractivity contribution in [2.24, 2.45) is 0 Å². The molecule has 0 fully saturated rings. The van der Waals surface area contributed by atoms with Gasteiger partial charge < -0.3 is 0 Å². The van der Waals surface area contributed by atoms with E-state index in [-0.39, 0.29) is 0 Å². The van der Waals surface area contributed by atoms with Gasteiger partial charge in [0.05, 0.1) is 0 Å². The Labute approximate surface area is 60.7 Å². The molecule has 0 N–H and O–H groups in total. The second-order valence-electron chi connectivity index (χ2n) is 1.99. The summed E-state index contributed by atoms with van der Waals surface area (Å²) in [6.45, 7) is 2.11. The predicted octanol–water partition coefficient (Wildman–Crippen LogP) is 3.62. The van der Waals surface area contributed by atoms with Crippen molar-refractivity contribution in [3.63, 3.8) is 0 Å². The van der Waals surface area contributed by atoms with Gasteiger partial charge in [0.15, 0.2) is 5.29 Å². The Bertz CT molecular complexity index is 84.9. The van der Waals surface area contributed by atoms with Crippen molar-refractivity contribution >= 4 is 11.6 Å². The molecule has 0 aromatic rings. The van der Waals surface area contributed by atoms with Crippen LogP contribution in [0.2, 0.25) is 0 Å². The minimum Gasteiger partial charge on any atom is -0.194 e. The number of hydrogen-bond acceptors (Lipinski definition) is 0. The lowest BCUT2D eigenvalue weighted by molar-refractivity contribution is 0.672. The van der Waals surface area contributed by atoms with Gasteiger partial charge in [0.25, 0.3) is 0 Å². The summed E-state index contributed by atoms with van der Waals surface area (Å²) in [6.07, 6.45) is 5.54. The second-order valence-corrected chi connectivity index (χ2v) is 2.35. The summed E-state index contributed by atoms with van der Waals surface area (Å²) in [4.78, 5) is 0. The molecule has 0 aliphatic rings. The van der Waals surface area contributed by atoms with Gasteiger partial charge in [-0.2, -0.15) is 4.39 Å². The van der Waals surface area contributed by atoms with Crippen molar-refractivity contribution in [1.29, 1.82) is 0 Å². The van der Waals surface area contributed by atoms with E-state index in [1.54, 1.807) is 0 Å². The lowest BCUT2D eigenvalue weighted by atomic mass is 10.2. The Morgan fingerprint density at radius 2 is 2.22 bits per heavy atom. The Hall–Kier alpha value is -0.0400. The number of halogens is 2. The van der Waals surface area contributed by atoms with Crippen molar-refractivity contribution < 1.29 is 4.39 Å². The van der Waals surface area contributed by atoms with Crippen LogP contribution in [0.5, 0.6) is 0 Å². The largest absolute Gasteiger partial charge is 0.194 e. The summed E-state index contributed by atoms with van der Waals surface area (Å²) >= 11 is 4.95. The lowest BCUT2D eigenvalue weighted by Gasteiger charge is -1.89. The Morgan fingerprint density at radius 3 is 2.67 bits per heavy atom. The van der Waals surface area contributed by atoms with Gasteiger partial charge in [0.2, 0.25) is 0 Å². The van der Waals surface area contributed by atoms with Gasteiger partial charge in [-0.1, -0.05) is 31.4 Å². The molecule has 0 aliphatic carbocycles. The molecule has 0 saturated carbocycles. The average Bonchev–Trinajstić information content (AvgIpc) is 1.80. The maximum Gasteiger partial charge on any atom is 0.185 e. The van der Waals surface area contributed by atoms with Crippen molar-refractivity contribution in [3.05, 3.63) is 11.4 Å². The van der Waals surface area contributed by atoms with Gasteiger partial charge in [-0.05, 0) is 18.9 Å². The van der Waals surface area contributed by atoms with Crippen LogP contribution in [-0.2, 0) is 0 Å². The monoisotopic (exact) mass is 150 g/mol. The van der Waals surface area contributed by atoms with Crippen LogP contribution < -0.4 is 0 Å². The zero-order valence-electron chi connectivity index (χ0n) is 5.66. The fourth-order valence-corrected chi connectivity index (χ4v) is 0.715. The number of hydrogen-bond donors (Lipinski definition) is 0. The van der Waals surface area contributed by atoms with E-state index < -0.39 is 5.29 Å². The standard InChI is InChI=1S/C7H12ClF/c1-2-3-4-5-6-7(8)9/h6H,2-5H2,1H3. The van der Waals surface area contributed by atoms with Crippen LogP contribution in [0.4, 0.5) is 4.39 Å². The minimum absolute atomic E-state index is 0.578. The number of allylic oxidation sites excluding steroid dienone is 1. The molecule has 0 atom stereocenters. The first-order valence-corrected chi connectivity index (χ1v) is 3.66. The third-order valence-electron chi connectivity index (χ3n) is 1.11. The van der Waals surface area contributed by atoms with Crippen LogP contribution >= 0.6 is 11.6 Å². The molecule has 0 saturated heterocycles. The van der Waals surface area contributed by atoms with E-state index in [9.17, 15) is 4.39 Å². The van der Waals surface area contributed by atoms with Gasteiger partial charge in [0.1, 0.15) is 0 Å². The molecule has 54 valence electrons. The number of rotatable bonds is 4. The van der Waals surface area contributed by atoms with Gasteiger partial charge in [-0.25, -0.2) is 0 Å². The average molecular weight is 151 g/mol. The van der Waals surface area contributed by atoms with E-state index in [0.717, 1.165) is 25.7 Å². The van der Waals surface area contributed by atoms with Crippen LogP contribution in [0.3, 0.4) is 0 Å². The summed E-state index contributed by atoms with van der Waals surface area (Å²) in [7, 11) is 0. The normalized spacial score (nSPS) is 12.1. The molecule has 0 unspecified atom stereocenters. The summed E-state index contributed by atoms with van der Waals surface area (Å²) < 4.78 is 11.8. The fraction of sp³-hybridized carbons (Fsp3) is 0.714. The van der Waals surface area contributed by atoms with E-state index in [0.29, 0.717) is 0 Å².